The van der Waals surface area contributed by atoms with Crippen LogP contribution in [0, 0.1) is 17.3 Å². The Morgan fingerprint density at radius 1 is 1.22 bits per heavy atom. The molecular weight excluding hydrogens is 300 g/mol. The lowest BCUT2D eigenvalue weighted by Gasteiger charge is -2.45. The molecule has 0 aromatic rings. The molecule has 128 valence electrons. The second kappa shape index (κ2) is 5.49. The first-order valence-corrected chi connectivity index (χ1v) is 8.26. The molecule has 0 aromatic heterocycles. The van der Waals surface area contributed by atoms with Gasteiger partial charge < -0.3 is 14.2 Å². The molecule has 2 aliphatic carbocycles. The molecular formula is C17H24O6. The topological polar surface area (TPSA) is 78.9 Å². The molecule has 2 saturated carbocycles. The third-order valence-corrected chi connectivity index (χ3v) is 4.97. The van der Waals surface area contributed by atoms with Crippen LogP contribution in [0.3, 0.4) is 0 Å². The van der Waals surface area contributed by atoms with Crippen LogP contribution < -0.4 is 0 Å². The summed E-state index contributed by atoms with van der Waals surface area (Å²) in [4.78, 5) is 35.8. The highest BCUT2D eigenvalue weighted by Crippen LogP contribution is 2.51. The van der Waals surface area contributed by atoms with Gasteiger partial charge in [0, 0.05) is 12.8 Å². The molecule has 0 radical (unpaired) electrons. The zero-order valence-corrected chi connectivity index (χ0v) is 13.9. The van der Waals surface area contributed by atoms with Gasteiger partial charge in [0.05, 0.1) is 11.3 Å². The van der Waals surface area contributed by atoms with E-state index < -0.39 is 23.0 Å². The molecule has 4 aliphatic rings. The van der Waals surface area contributed by atoms with Crippen molar-refractivity contribution in [3.63, 3.8) is 0 Å². The van der Waals surface area contributed by atoms with Crippen LogP contribution in [0.1, 0.15) is 52.9 Å². The first-order chi connectivity index (χ1) is 10.7. The fraction of sp³-hybridized carbons (Fsp3) is 0.824. The number of esters is 3. The minimum atomic E-state index is -0.654. The van der Waals surface area contributed by atoms with Gasteiger partial charge in [-0.3, -0.25) is 9.59 Å². The SMILES string of the molecule is CC(C)(C)C(=O)OCC(=O)OC12CC3CC(C1)OC(=O)C(C3)C2. The molecule has 4 bridgehead atoms. The van der Waals surface area contributed by atoms with Crippen LogP contribution in [-0.4, -0.2) is 36.2 Å². The van der Waals surface area contributed by atoms with Crippen LogP contribution in [0.25, 0.3) is 0 Å². The van der Waals surface area contributed by atoms with Gasteiger partial charge in [0.25, 0.3) is 0 Å². The van der Waals surface area contributed by atoms with Gasteiger partial charge in [-0.05, 0) is 46.0 Å². The average Bonchev–Trinajstić information content (AvgIpc) is 2.57. The molecule has 23 heavy (non-hydrogen) atoms. The Morgan fingerprint density at radius 3 is 2.65 bits per heavy atom. The van der Waals surface area contributed by atoms with Gasteiger partial charge in [-0.15, -0.1) is 0 Å². The molecule has 2 heterocycles. The van der Waals surface area contributed by atoms with E-state index in [-0.39, 0.29) is 24.6 Å². The van der Waals surface area contributed by atoms with E-state index in [2.05, 4.69) is 0 Å². The van der Waals surface area contributed by atoms with Crippen molar-refractivity contribution >= 4 is 17.9 Å². The molecule has 0 aromatic carbocycles. The molecule has 6 heteroatoms. The van der Waals surface area contributed by atoms with E-state index in [1.165, 1.54) is 0 Å². The second-order valence-corrected chi connectivity index (χ2v) is 8.19. The molecule has 2 saturated heterocycles. The number of fused-ring (bicyclic) bond motifs is 1. The van der Waals surface area contributed by atoms with E-state index in [0.29, 0.717) is 18.8 Å². The van der Waals surface area contributed by atoms with Crippen LogP contribution in [0.4, 0.5) is 0 Å². The smallest absolute Gasteiger partial charge is 0.344 e. The number of carbonyl (C=O) groups is 3. The van der Waals surface area contributed by atoms with Crippen molar-refractivity contribution in [2.45, 2.75) is 64.6 Å². The predicted molar refractivity (Wildman–Crippen MR) is 79.2 cm³/mol. The Morgan fingerprint density at radius 2 is 1.96 bits per heavy atom. The first-order valence-electron chi connectivity index (χ1n) is 8.26. The molecule has 4 unspecified atom stereocenters. The molecule has 6 nitrogen and oxygen atoms in total. The van der Waals surface area contributed by atoms with E-state index in [9.17, 15) is 14.4 Å². The van der Waals surface area contributed by atoms with Crippen LogP contribution in [-0.2, 0) is 28.6 Å². The lowest BCUT2D eigenvalue weighted by Crippen LogP contribution is -2.48. The molecule has 4 rings (SSSR count). The lowest BCUT2D eigenvalue weighted by atomic mass is 9.65. The van der Waals surface area contributed by atoms with Gasteiger partial charge >= 0.3 is 17.9 Å². The molecule has 0 amide bonds. The highest BCUT2D eigenvalue weighted by atomic mass is 16.6. The van der Waals surface area contributed by atoms with Crippen LogP contribution in [0.2, 0.25) is 0 Å². The molecule has 0 N–H and O–H groups in total. The monoisotopic (exact) mass is 324 g/mol. The van der Waals surface area contributed by atoms with Crippen molar-refractivity contribution < 1.29 is 28.6 Å². The Labute approximate surface area is 135 Å². The molecule has 2 aliphatic heterocycles. The largest absolute Gasteiger partial charge is 0.462 e. The Kier molecular flexibility index (Phi) is 3.89. The van der Waals surface area contributed by atoms with Crippen molar-refractivity contribution in [1.29, 1.82) is 0 Å². The van der Waals surface area contributed by atoms with Crippen molar-refractivity contribution in [1.82, 2.24) is 0 Å². The van der Waals surface area contributed by atoms with Gasteiger partial charge in [-0.2, -0.15) is 0 Å². The maximum absolute atomic E-state index is 12.1. The quantitative estimate of drug-likeness (QED) is 0.583. The van der Waals surface area contributed by atoms with E-state index in [1.54, 1.807) is 20.8 Å². The average molecular weight is 324 g/mol. The zero-order chi connectivity index (χ0) is 16.8. The summed E-state index contributed by atoms with van der Waals surface area (Å²) in [5.41, 5.74) is -1.29. The third kappa shape index (κ3) is 3.35. The molecule has 4 atom stereocenters. The minimum Gasteiger partial charge on any atom is -0.462 e. The van der Waals surface area contributed by atoms with Crippen molar-refractivity contribution in [2.75, 3.05) is 6.61 Å². The van der Waals surface area contributed by atoms with E-state index in [1.807, 2.05) is 0 Å². The summed E-state index contributed by atoms with van der Waals surface area (Å²) in [5.74, 6) is -0.947. The fourth-order valence-corrected chi connectivity index (χ4v) is 4.11. The fourth-order valence-electron chi connectivity index (χ4n) is 4.11. The lowest BCUT2D eigenvalue weighted by molar-refractivity contribution is -0.183. The summed E-state index contributed by atoms with van der Waals surface area (Å²) in [5, 5.41) is 0. The van der Waals surface area contributed by atoms with Crippen molar-refractivity contribution in [3.05, 3.63) is 0 Å². The number of ether oxygens (including phenoxy) is 3. The van der Waals surface area contributed by atoms with E-state index in [0.717, 1.165) is 19.3 Å². The van der Waals surface area contributed by atoms with Crippen LogP contribution >= 0.6 is 0 Å². The number of carbonyl (C=O) groups excluding carboxylic acids is 3. The Hall–Kier alpha value is -1.59. The van der Waals surface area contributed by atoms with Gasteiger partial charge in [-0.25, -0.2) is 4.79 Å². The van der Waals surface area contributed by atoms with Crippen molar-refractivity contribution in [3.8, 4) is 0 Å². The molecule has 4 fully saturated rings. The number of hydrogen-bond donors (Lipinski definition) is 0. The minimum absolute atomic E-state index is 0.154. The highest BCUT2D eigenvalue weighted by molar-refractivity contribution is 5.80. The van der Waals surface area contributed by atoms with Gasteiger partial charge in [0.2, 0.25) is 0 Å². The number of hydrogen-bond acceptors (Lipinski definition) is 6. The summed E-state index contributed by atoms with van der Waals surface area (Å²) in [6, 6.07) is 0. The highest BCUT2D eigenvalue weighted by Gasteiger charge is 2.54. The van der Waals surface area contributed by atoms with Gasteiger partial charge in [0.1, 0.15) is 11.7 Å². The summed E-state index contributed by atoms with van der Waals surface area (Å²) < 4.78 is 16.2. The second-order valence-electron chi connectivity index (χ2n) is 8.19. The van der Waals surface area contributed by atoms with E-state index in [4.69, 9.17) is 14.2 Å². The van der Waals surface area contributed by atoms with Crippen molar-refractivity contribution in [2.24, 2.45) is 17.3 Å². The summed E-state index contributed by atoms with van der Waals surface area (Å²) in [6.07, 6.45) is 3.39. The summed E-state index contributed by atoms with van der Waals surface area (Å²) >= 11 is 0. The van der Waals surface area contributed by atoms with Crippen LogP contribution in [0.15, 0.2) is 0 Å². The Bertz CT molecular complexity index is 534. The van der Waals surface area contributed by atoms with Crippen LogP contribution in [0.5, 0.6) is 0 Å². The first kappa shape index (κ1) is 16.3. The Balaban J connectivity index is 1.62. The van der Waals surface area contributed by atoms with Gasteiger partial charge in [0.15, 0.2) is 6.61 Å². The summed E-state index contributed by atoms with van der Waals surface area (Å²) in [6.45, 7) is 4.80. The maximum Gasteiger partial charge on any atom is 0.344 e. The third-order valence-electron chi connectivity index (χ3n) is 4.97. The van der Waals surface area contributed by atoms with E-state index >= 15 is 0 Å². The standard InChI is InChI=1S/C17H24O6/c1-16(2,3)15(20)21-9-13(18)23-17-6-10-4-11(7-17)14(19)22-12(5-10)8-17/h10-12H,4-9H2,1-3H3. The summed E-state index contributed by atoms with van der Waals surface area (Å²) in [7, 11) is 0. The zero-order valence-electron chi connectivity index (χ0n) is 13.9. The maximum atomic E-state index is 12.1. The molecule has 0 spiro atoms. The predicted octanol–water partition coefficient (Wildman–Crippen LogP) is 1.99. The van der Waals surface area contributed by atoms with Gasteiger partial charge in [-0.1, -0.05) is 0 Å². The normalized spacial score (nSPS) is 35.4. The number of rotatable bonds is 3.